The molecule has 7 nitrogen and oxygen atoms in total. The van der Waals surface area contributed by atoms with Gasteiger partial charge in [-0.25, -0.2) is 4.79 Å². The summed E-state index contributed by atoms with van der Waals surface area (Å²) in [5.41, 5.74) is 10.6. The Labute approximate surface area is 132 Å². The van der Waals surface area contributed by atoms with Gasteiger partial charge in [-0.1, -0.05) is 0 Å². The minimum absolute atomic E-state index is 0.135. The summed E-state index contributed by atoms with van der Waals surface area (Å²) in [4.78, 5) is 21.3. The van der Waals surface area contributed by atoms with E-state index in [4.69, 9.17) is 21.3 Å². The highest BCUT2D eigenvalue weighted by Gasteiger charge is 2.17. The summed E-state index contributed by atoms with van der Waals surface area (Å²) in [7, 11) is 0. The predicted octanol–water partition coefficient (Wildman–Crippen LogP) is 1.59. The molecule has 0 aliphatic heterocycles. The molecule has 0 radical (unpaired) electrons. The second-order valence-electron chi connectivity index (χ2n) is 6.61. The number of aliphatic carboxylic acids is 1. The monoisotopic (exact) mass is 317 g/mol. The van der Waals surface area contributed by atoms with Crippen LogP contribution in [-0.4, -0.2) is 41.4 Å². The number of hydrogen-bond acceptors (Lipinski definition) is 5. The zero-order valence-corrected chi connectivity index (χ0v) is 13.9. The summed E-state index contributed by atoms with van der Waals surface area (Å²) >= 11 is 0. The van der Waals surface area contributed by atoms with Crippen molar-refractivity contribution in [3.8, 4) is 0 Å². The number of ether oxygens (including phenoxy) is 1. The molecule has 0 saturated heterocycles. The molecule has 0 spiro atoms. The fourth-order valence-corrected chi connectivity index (χ4v) is 1.96. The van der Waals surface area contributed by atoms with Crippen molar-refractivity contribution in [2.24, 2.45) is 11.5 Å². The summed E-state index contributed by atoms with van der Waals surface area (Å²) in [6.07, 6.45) is 4.16. The smallest absolute Gasteiger partial charge is 0.407 e. The molecule has 1 aliphatic carbocycles. The van der Waals surface area contributed by atoms with Crippen molar-refractivity contribution >= 4 is 12.1 Å². The minimum atomic E-state index is -0.813. The molecule has 1 saturated carbocycles. The van der Waals surface area contributed by atoms with Gasteiger partial charge in [0.15, 0.2) is 0 Å². The van der Waals surface area contributed by atoms with E-state index in [2.05, 4.69) is 5.32 Å². The standard InChI is InChI=1S/C10H19NO4.C5H12N2/c1-10(2,3)15-9(14)11-7-5-4-6-8(12)13;6-4-1-2-5(7)3-4/h4-7H2,1-3H3,(H,11,14)(H,12,13);4-5H,1-3,6-7H2/t;4-,5+. The van der Waals surface area contributed by atoms with Crippen LogP contribution < -0.4 is 16.8 Å². The third-order valence-electron chi connectivity index (χ3n) is 3.00. The molecule has 6 N–H and O–H groups in total. The molecule has 130 valence electrons. The van der Waals surface area contributed by atoms with E-state index in [9.17, 15) is 9.59 Å². The van der Waals surface area contributed by atoms with Crippen LogP contribution in [0.2, 0.25) is 0 Å². The fraction of sp³-hybridized carbons (Fsp3) is 0.867. The van der Waals surface area contributed by atoms with E-state index in [1.165, 1.54) is 0 Å². The zero-order valence-electron chi connectivity index (χ0n) is 13.9. The molecule has 0 bridgehead atoms. The lowest BCUT2D eigenvalue weighted by molar-refractivity contribution is -0.137. The van der Waals surface area contributed by atoms with E-state index in [1.807, 2.05) is 0 Å². The van der Waals surface area contributed by atoms with E-state index < -0.39 is 17.7 Å². The molecule has 1 aliphatic rings. The van der Waals surface area contributed by atoms with Gasteiger partial charge in [0.05, 0.1) is 0 Å². The quantitative estimate of drug-likeness (QED) is 0.570. The first-order valence-corrected chi connectivity index (χ1v) is 7.80. The van der Waals surface area contributed by atoms with Crippen LogP contribution in [0.15, 0.2) is 0 Å². The fourth-order valence-electron chi connectivity index (χ4n) is 1.96. The Kier molecular flexibility index (Phi) is 9.76. The van der Waals surface area contributed by atoms with Crippen LogP contribution in [-0.2, 0) is 9.53 Å². The Hall–Kier alpha value is -1.34. The summed E-state index contributed by atoms with van der Waals surface area (Å²) in [6, 6.07) is 0.796. The number of alkyl carbamates (subject to hydrolysis) is 1. The van der Waals surface area contributed by atoms with Gasteiger partial charge in [0, 0.05) is 25.0 Å². The van der Waals surface area contributed by atoms with Gasteiger partial charge >= 0.3 is 12.1 Å². The molecule has 1 amide bonds. The van der Waals surface area contributed by atoms with E-state index in [1.54, 1.807) is 20.8 Å². The van der Waals surface area contributed by atoms with E-state index >= 15 is 0 Å². The van der Waals surface area contributed by atoms with Crippen LogP contribution in [0, 0.1) is 0 Å². The van der Waals surface area contributed by atoms with E-state index in [0.717, 1.165) is 19.3 Å². The Morgan fingerprint density at radius 2 is 1.73 bits per heavy atom. The molecule has 0 heterocycles. The van der Waals surface area contributed by atoms with E-state index in [0.29, 0.717) is 31.5 Å². The molecule has 22 heavy (non-hydrogen) atoms. The lowest BCUT2D eigenvalue weighted by atomic mass is 10.2. The van der Waals surface area contributed by atoms with Gasteiger partial charge in [0.25, 0.3) is 0 Å². The molecule has 0 unspecified atom stereocenters. The number of rotatable bonds is 5. The van der Waals surface area contributed by atoms with Crippen LogP contribution >= 0.6 is 0 Å². The maximum absolute atomic E-state index is 11.1. The summed E-state index contributed by atoms with van der Waals surface area (Å²) in [6.45, 7) is 5.81. The van der Waals surface area contributed by atoms with Crippen molar-refractivity contribution in [2.45, 2.75) is 77.0 Å². The number of carbonyl (C=O) groups is 2. The molecular weight excluding hydrogens is 286 g/mol. The number of carboxylic acid groups (broad SMARTS) is 1. The maximum atomic E-state index is 11.1. The number of unbranched alkanes of at least 4 members (excludes halogenated alkanes) is 1. The van der Waals surface area contributed by atoms with Gasteiger partial charge < -0.3 is 26.6 Å². The Bertz CT molecular complexity index is 334. The highest BCUT2D eigenvalue weighted by molar-refractivity contribution is 5.67. The molecule has 0 aromatic carbocycles. The maximum Gasteiger partial charge on any atom is 0.407 e. The van der Waals surface area contributed by atoms with Crippen molar-refractivity contribution in [1.82, 2.24) is 5.32 Å². The highest BCUT2D eigenvalue weighted by Crippen LogP contribution is 2.14. The third kappa shape index (κ3) is 13.6. The number of nitrogens with one attached hydrogen (secondary N) is 1. The third-order valence-corrected chi connectivity index (χ3v) is 3.00. The zero-order chi connectivity index (χ0) is 17.2. The number of nitrogens with two attached hydrogens (primary N) is 2. The Morgan fingerprint density at radius 1 is 1.18 bits per heavy atom. The van der Waals surface area contributed by atoms with Crippen LogP contribution in [0.5, 0.6) is 0 Å². The van der Waals surface area contributed by atoms with Gasteiger partial charge in [0.2, 0.25) is 0 Å². The summed E-state index contributed by atoms with van der Waals surface area (Å²) in [5.74, 6) is -0.813. The van der Waals surface area contributed by atoms with Crippen LogP contribution in [0.3, 0.4) is 0 Å². The topological polar surface area (TPSA) is 128 Å². The van der Waals surface area contributed by atoms with Crippen molar-refractivity contribution in [3.63, 3.8) is 0 Å². The van der Waals surface area contributed by atoms with Crippen molar-refractivity contribution in [2.75, 3.05) is 6.54 Å². The van der Waals surface area contributed by atoms with Crippen molar-refractivity contribution < 1.29 is 19.4 Å². The van der Waals surface area contributed by atoms with Gasteiger partial charge in [-0.3, -0.25) is 4.79 Å². The van der Waals surface area contributed by atoms with E-state index in [-0.39, 0.29) is 6.42 Å². The van der Waals surface area contributed by atoms with Crippen molar-refractivity contribution in [1.29, 1.82) is 0 Å². The van der Waals surface area contributed by atoms with Gasteiger partial charge in [-0.2, -0.15) is 0 Å². The lowest BCUT2D eigenvalue weighted by Gasteiger charge is -2.19. The highest BCUT2D eigenvalue weighted by atomic mass is 16.6. The molecular formula is C15H31N3O4. The number of carboxylic acids is 1. The molecule has 7 heteroatoms. The molecule has 0 aromatic rings. The molecule has 1 rings (SSSR count). The molecule has 2 atom stereocenters. The van der Waals surface area contributed by atoms with Crippen LogP contribution in [0.25, 0.3) is 0 Å². The molecule has 1 fully saturated rings. The average molecular weight is 317 g/mol. The van der Waals surface area contributed by atoms with Crippen LogP contribution in [0.1, 0.15) is 59.3 Å². The number of carbonyl (C=O) groups excluding carboxylic acids is 1. The summed E-state index contributed by atoms with van der Waals surface area (Å²) in [5, 5.41) is 10.9. The minimum Gasteiger partial charge on any atom is -0.481 e. The Balaban J connectivity index is 0.000000518. The second-order valence-corrected chi connectivity index (χ2v) is 6.61. The SMILES string of the molecule is CC(C)(C)OC(=O)NCCCCC(=O)O.N[C@@H]1CC[C@H](N)C1. The lowest BCUT2D eigenvalue weighted by Crippen LogP contribution is -2.33. The van der Waals surface area contributed by atoms with Crippen LogP contribution in [0.4, 0.5) is 4.79 Å². The first-order chi connectivity index (χ1) is 10.1. The first-order valence-electron chi connectivity index (χ1n) is 7.80. The largest absolute Gasteiger partial charge is 0.481 e. The Morgan fingerprint density at radius 3 is 2.09 bits per heavy atom. The average Bonchev–Trinajstić information content (AvgIpc) is 2.70. The molecule has 0 aromatic heterocycles. The van der Waals surface area contributed by atoms with Gasteiger partial charge in [0.1, 0.15) is 5.60 Å². The van der Waals surface area contributed by atoms with Gasteiger partial charge in [-0.15, -0.1) is 0 Å². The first kappa shape index (κ1) is 20.7. The van der Waals surface area contributed by atoms with Gasteiger partial charge in [-0.05, 0) is 52.9 Å². The number of amides is 1. The predicted molar refractivity (Wildman–Crippen MR) is 85.5 cm³/mol. The normalized spacial score (nSPS) is 20.8. The second kappa shape index (κ2) is 10.4. The summed E-state index contributed by atoms with van der Waals surface area (Å²) < 4.78 is 5.00. The van der Waals surface area contributed by atoms with Crippen molar-refractivity contribution in [3.05, 3.63) is 0 Å². The number of hydrogen-bond donors (Lipinski definition) is 4.